The van der Waals surface area contributed by atoms with E-state index in [-0.39, 0.29) is 11.5 Å². The van der Waals surface area contributed by atoms with E-state index in [0.717, 1.165) is 36.4 Å². The number of rotatable bonds is 8. The average Bonchev–Trinajstić information content (AvgIpc) is 2.85. The van der Waals surface area contributed by atoms with Crippen LogP contribution in [0, 0.1) is 0 Å². The van der Waals surface area contributed by atoms with Crippen molar-refractivity contribution in [1.82, 2.24) is 0 Å². The third-order valence-electron chi connectivity index (χ3n) is 4.84. The van der Waals surface area contributed by atoms with Crippen LogP contribution in [0.4, 0.5) is 26.3 Å². The molecule has 0 unspecified atom stereocenters. The maximum atomic E-state index is 13.9. The summed E-state index contributed by atoms with van der Waals surface area (Å²) in [5.74, 6) is -3.78. The molecule has 0 aromatic heterocycles. The van der Waals surface area contributed by atoms with E-state index in [9.17, 15) is 34.8 Å². The van der Waals surface area contributed by atoms with E-state index >= 15 is 0 Å². The first-order chi connectivity index (χ1) is 18.3. The van der Waals surface area contributed by atoms with Gasteiger partial charge >= 0.3 is 12.7 Å². The van der Waals surface area contributed by atoms with Gasteiger partial charge in [0.1, 0.15) is 21.3 Å². The Labute approximate surface area is 217 Å². The number of halogens is 6. The molecule has 4 aromatic rings. The number of hydrogen-bond acceptors (Lipinski definition) is 6. The fourth-order valence-corrected chi connectivity index (χ4v) is 4.88. The smallest absolute Gasteiger partial charge is 0.452 e. The Hall–Kier alpha value is -4.39. The number of alkyl halides is 6. The molecular formula is C26H16F6O6S. The Morgan fingerprint density at radius 3 is 1.18 bits per heavy atom. The first-order valence-corrected chi connectivity index (χ1v) is 12.3. The third kappa shape index (κ3) is 6.93. The molecule has 0 fully saturated rings. The van der Waals surface area contributed by atoms with Crippen LogP contribution in [0.5, 0.6) is 34.5 Å². The molecule has 0 N–H and O–H groups in total. The zero-order chi connectivity index (χ0) is 28.3. The average molecular weight is 570 g/mol. The van der Waals surface area contributed by atoms with Crippen molar-refractivity contribution in [2.75, 3.05) is 0 Å². The maximum absolute atomic E-state index is 13.9. The Bertz CT molecular complexity index is 1430. The second-order valence-electron chi connectivity index (χ2n) is 7.60. The number of sulfone groups is 1. The van der Waals surface area contributed by atoms with Gasteiger partial charge in [-0.05, 0) is 48.5 Å². The fourth-order valence-electron chi connectivity index (χ4n) is 3.36. The number of benzene rings is 4. The SMILES string of the molecule is O=S(=O)(c1cccc(OC(F)(F)F)c1Oc1ccccc1)c1cccc(OC(F)(F)F)c1Oc1ccccc1. The van der Waals surface area contributed by atoms with Gasteiger partial charge in [-0.1, -0.05) is 48.5 Å². The Balaban J connectivity index is 1.93. The number of ether oxygens (including phenoxy) is 4. The zero-order valence-corrected chi connectivity index (χ0v) is 20.2. The van der Waals surface area contributed by atoms with Gasteiger partial charge < -0.3 is 18.9 Å². The van der Waals surface area contributed by atoms with Crippen molar-refractivity contribution < 1.29 is 53.7 Å². The molecule has 0 aliphatic carbocycles. The van der Waals surface area contributed by atoms with E-state index in [0.29, 0.717) is 0 Å². The summed E-state index contributed by atoms with van der Waals surface area (Å²) >= 11 is 0. The Morgan fingerprint density at radius 1 is 0.487 bits per heavy atom. The van der Waals surface area contributed by atoms with Crippen molar-refractivity contribution in [2.24, 2.45) is 0 Å². The quantitative estimate of drug-likeness (QED) is 0.201. The molecule has 0 aliphatic rings. The monoisotopic (exact) mass is 570 g/mol. The van der Waals surface area contributed by atoms with Gasteiger partial charge in [-0.15, -0.1) is 26.3 Å². The van der Waals surface area contributed by atoms with Gasteiger partial charge in [-0.25, -0.2) is 8.42 Å². The van der Waals surface area contributed by atoms with Gasteiger partial charge in [0.25, 0.3) is 0 Å². The lowest BCUT2D eigenvalue weighted by atomic mass is 10.3. The normalized spacial score (nSPS) is 12.1. The van der Waals surface area contributed by atoms with E-state index in [1.165, 1.54) is 48.5 Å². The lowest BCUT2D eigenvalue weighted by Gasteiger charge is -2.20. The highest BCUT2D eigenvalue weighted by Gasteiger charge is 2.38. The van der Waals surface area contributed by atoms with Gasteiger partial charge in [-0.2, -0.15) is 0 Å². The number of para-hydroxylation sites is 4. The van der Waals surface area contributed by atoms with Crippen LogP contribution < -0.4 is 18.9 Å². The molecule has 204 valence electrons. The molecule has 0 spiro atoms. The minimum absolute atomic E-state index is 0.0397. The van der Waals surface area contributed by atoms with Crippen LogP contribution in [-0.4, -0.2) is 21.1 Å². The fraction of sp³-hybridized carbons (Fsp3) is 0.0769. The molecular weight excluding hydrogens is 554 g/mol. The summed E-state index contributed by atoms with van der Waals surface area (Å²) in [5, 5.41) is 0. The van der Waals surface area contributed by atoms with Gasteiger partial charge in [0.05, 0.1) is 0 Å². The van der Waals surface area contributed by atoms with Gasteiger partial charge in [0, 0.05) is 0 Å². The molecule has 39 heavy (non-hydrogen) atoms. The van der Waals surface area contributed by atoms with Crippen LogP contribution in [0.15, 0.2) is 107 Å². The van der Waals surface area contributed by atoms with Crippen LogP contribution in [-0.2, 0) is 9.84 Å². The summed E-state index contributed by atoms with van der Waals surface area (Å²) in [6, 6.07) is 19.9. The second-order valence-corrected chi connectivity index (χ2v) is 9.48. The van der Waals surface area contributed by atoms with Crippen molar-refractivity contribution >= 4 is 9.84 Å². The topological polar surface area (TPSA) is 71.1 Å². The largest absolute Gasteiger partial charge is 0.573 e. The molecule has 0 radical (unpaired) electrons. The molecule has 0 saturated carbocycles. The van der Waals surface area contributed by atoms with E-state index in [1.807, 2.05) is 0 Å². The minimum Gasteiger partial charge on any atom is -0.452 e. The molecule has 0 heterocycles. The molecule has 0 aliphatic heterocycles. The Morgan fingerprint density at radius 2 is 0.846 bits per heavy atom. The molecule has 0 atom stereocenters. The predicted octanol–water partition coefficient (Wildman–Crippen LogP) is 7.90. The summed E-state index contributed by atoms with van der Waals surface area (Å²) < 4.78 is 126. The van der Waals surface area contributed by atoms with Gasteiger partial charge in [0.15, 0.2) is 23.0 Å². The molecule has 6 nitrogen and oxygen atoms in total. The highest BCUT2D eigenvalue weighted by Crippen LogP contribution is 2.46. The van der Waals surface area contributed by atoms with Crippen molar-refractivity contribution in [1.29, 1.82) is 0 Å². The van der Waals surface area contributed by atoms with Crippen molar-refractivity contribution in [3.8, 4) is 34.5 Å². The lowest BCUT2D eigenvalue weighted by Crippen LogP contribution is -2.19. The molecule has 4 rings (SSSR count). The lowest BCUT2D eigenvalue weighted by molar-refractivity contribution is -0.276. The third-order valence-corrected chi connectivity index (χ3v) is 6.64. The first-order valence-electron chi connectivity index (χ1n) is 10.8. The van der Waals surface area contributed by atoms with Crippen LogP contribution >= 0.6 is 0 Å². The van der Waals surface area contributed by atoms with Crippen LogP contribution in [0.25, 0.3) is 0 Å². The van der Waals surface area contributed by atoms with Crippen LogP contribution in [0.1, 0.15) is 0 Å². The van der Waals surface area contributed by atoms with Crippen molar-refractivity contribution in [2.45, 2.75) is 22.5 Å². The van der Waals surface area contributed by atoms with E-state index in [4.69, 9.17) is 9.47 Å². The molecule has 4 aromatic carbocycles. The zero-order valence-electron chi connectivity index (χ0n) is 19.4. The number of hydrogen-bond donors (Lipinski definition) is 0. The minimum atomic E-state index is -5.22. The Kier molecular flexibility index (Phi) is 7.63. The van der Waals surface area contributed by atoms with E-state index < -0.39 is 55.4 Å². The molecule has 13 heteroatoms. The van der Waals surface area contributed by atoms with Crippen LogP contribution in [0.2, 0.25) is 0 Å². The van der Waals surface area contributed by atoms with E-state index in [1.54, 1.807) is 12.1 Å². The van der Waals surface area contributed by atoms with Crippen molar-refractivity contribution in [3.05, 3.63) is 97.1 Å². The summed E-state index contributed by atoms with van der Waals surface area (Å²) in [6.45, 7) is 0. The molecule has 0 bridgehead atoms. The van der Waals surface area contributed by atoms with Crippen molar-refractivity contribution in [3.63, 3.8) is 0 Å². The highest BCUT2D eigenvalue weighted by atomic mass is 32.2. The molecule has 0 amide bonds. The predicted molar refractivity (Wildman–Crippen MR) is 125 cm³/mol. The van der Waals surface area contributed by atoms with Gasteiger partial charge in [0.2, 0.25) is 9.84 Å². The van der Waals surface area contributed by atoms with Gasteiger partial charge in [-0.3, -0.25) is 0 Å². The summed E-state index contributed by atoms with van der Waals surface area (Å²) in [5.41, 5.74) is 0. The summed E-state index contributed by atoms with van der Waals surface area (Å²) in [7, 11) is -4.94. The standard InChI is InChI=1S/C26H16F6O6S/c27-25(28,29)37-19-13-7-15-21(23(19)35-17-9-3-1-4-10-17)39(33,34)22-16-8-14-20(38-26(30,31)32)24(22)36-18-11-5-2-6-12-18/h1-16H. The highest BCUT2D eigenvalue weighted by molar-refractivity contribution is 7.91. The summed E-state index contributed by atoms with van der Waals surface area (Å²) in [4.78, 5) is -1.68. The molecule has 0 saturated heterocycles. The second kappa shape index (κ2) is 10.8. The first kappa shape index (κ1) is 27.6. The summed E-state index contributed by atoms with van der Waals surface area (Å²) in [6.07, 6.45) is -10.4. The van der Waals surface area contributed by atoms with Crippen LogP contribution in [0.3, 0.4) is 0 Å². The maximum Gasteiger partial charge on any atom is 0.573 e. The van der Waals surface area contributed by atoms with E-state index in [2.05, 4.69) is 9.47 Å².